The molecule has 19 heavy (non-hydrogen) atoms. The number of benzene rings is 2. The van der Waals surface area contributed by atoms with Crippen LogP contribution in [0.25, 0.3) is 0 Å². The van der Waals surface area contributed by atoms with Crippen LogP contribution in [0.15, 0.2) is 42.5 Å². The molecular weight excluding hydrogens is 245 g/mol. The third-order valence-corrected chi connectivity index (χ3v) is 2.59. The van der Waals surface area contributed by atoms with Gasteiger partial charge in [-0.3, -0.25) is 0 Å². The summed E-state index contributed by atoms with van der Waals surface area (Å²) in [4.78, 5) is 0. The minimum atomic E-state index is -0.324. The van der Waals surface area contributed by atoms with Crippen LogP contribution in [0.2, 0.25) is 0 Å². The van der Waals surface area contributed by atoms with Crippen molar-refractivity contribution in [1.82, 2.24) is 0 Å². The van der Waals surface area contributed by atoms with E-state index in [-0.39, 0.29) is 12.2 Å². The zero-order valence-corrected chi connectivity index (χ0v) is 10.4. The zero-order chi connectivity index (χ0) is 13.7. The molecule has 0 saturated carbocycles. The molecular formula is C15H12FNO2. The fourth-order valence-electron chi connectivity index (χ4n) is 1.62. The maximum absolute atomic E-state index is 12.8. The van der Waals surface area contributed by atoms with Gasteiger partial charge in [0.05, 0.1) is 19.6 Å². The second kappa shape index (κ2) is 5.87. The van der Waals surface area contributed by atoms with Gasteiger partial charge in [-0.1, -0.05) is 6.07 Å². The molecule has 3 nitrogen and oxygen atoms in total. The molecule has 2 rings (SSSR count). The Hall–Kier alpha value is -2.54. The molecule has 0 heterocycles. The summed E-state index contributed by atoms with van der Waals surface area (Å²) in [5.41, 5.74) is 0.757. The second-order valence-electron chi connectivity index (χ2n) is 3.86. The molecule has 0 N–H and O–H groups in total. The summed E-state index contributed by atoms with van der Waals surface area (Å²) in [5, 5.41) is 8.79. The molecule has 2 aromatic rings. The van der Waals surface area contributed by atoms with Gasteiger partial charge in [-0.25, -0.2) is 4.39 Å². The summed E-state index contributed by atoms with van der Waals surface area (Å²) in [5.74, 6) is 1.36. The van der Waals surface area contributed by atoms with Crippen LogP contribution in [-0.2, 0) is 6.42 Å². The third kappa shape index (κ3) is 3.23. The van der Waals surface area contributed by atoms with E-state index in [2.05, 4.69) is 6.07 Å². The van der Waals surface area contributed by atoms with Crippen molar-refractivity contribution in [3.05, 3.63) is 53.8 Å². The number of hydrogen-bond acceptors (Lipinski definition) is 3. The molecule has 0 bridgehead atoms. The normalized spacial score (nSPS) is 9.74. The molecule has 0 saturated heterocycles. The number of hydrogen-bond donors (Lipinski definition) is 0. The fourth-order valence-corrected chi connectivity index (χ4v) is 1.62. The molecule has 0 aromatic heterocycles. The molecule has 2 aromatic carbocycles. The molecule has 0 radical (unpaired) electrons. The Kier molecular flexibility index (Phi) is 3.99. The van der Waals surface area contributed by atoms with Crippen LogP contribution in [-0.4, -0.2) is 7.11 Å². The molecule has 0 aliphatic heterocycles. The quantitative estimate of drug-likeness (QED) is 0.838. The van der Waals surface area contributed by atoms with Crippen molar-refractivity contribution < 1.29 is 13.9 Å². The standard InChI is InChI=1S/C15H12FNO2/c1-18-14-5-2-11(8-9-17)15(10-14)19-13-6-3-12(16)4-7-13/h2-7,10H,8H2,1H3. The Morgan fingerprint density at radius 2 is 1.79 bits per heavy atom. The summed E-state index contributed by atoms with van der Waals surface area (Å²) < 4.78 is 23.6. The molecule has 96 valence electrons. The monoisotopic (exact) mass is 257 g/mol. The van der Waals surface area contributed by atoms with E-state index in [1.807, 2.05) is 0 Å². The van der Waals surface area contributed by atoms with Crippen molar-refractivity contribution in [2.24, 2.45) is 0 Å². The maximum atomic E-state index is 12.8. The number of nitriles is 1. The lowest BCUT2D eigenvalue weighted by atomic mass is 10.1. The molecule has 0 aliphatic rings. The molecule has 0 atom stereocenters. The molecule has 0 amide bonds. The van der Waals surface area contributed by atoms with E-state index in [1.165, 1.54) is 24.3 Å². The minimum absolute atomic E-state index is 0.237. The highest BCUT2D eigenvalue weighted by molar-refractivity contribution is 5.44. The molecule has 0 spiro atoms. The Labute approximate surface area is 110 Å². The van der Waals surface area contributed by atoms with Gasteiger partial charge in [-0.2, -0.15) is 5.26 Å². The number of nitrogens with zero attached hydrogens (tertiary/aromatic N) is 1. The van der Waals surface area contributed by atoms with Gasteiger partial charge in [-0.15, -0.1) is 0 Å². The summed E-state index contributed by atoms with van der Waals surface area (Å²) in [6, 6.07) is 13.0. The number of ether oxygens (including phenoxy) is 2. The first-order valence-electron chi connectivity index (χ1n) is 5.70. The van der Waals surface area contributed by atoms with E-state index in [4.69, 9.17) is 14.7 Å². The van der Waals surface area contributed by atoms with Gasteiger partial charge in [0.25, 0.3) is 0 Å². The van der Waals surface area contributed by atoms with Crippen LogP contribution < -0.4 is 9.47 Å². The third-order valence-electron chi connectivity index (χ3n) is 2.59. The fraction of sp³-hybridized carbons (Fsp3) is 0.133. The smallest absolute Gasteiger partial charge is 0.135 e. The number of rotatable bonds is 4. The van der Waals surface area contributed by atoms with E-state index in [1.54, 1.807) is 25.3 Å². The van der Waals surface area contributed by atoms with Crippen LogP contribution in [0.4, 0.5) is 4.39 Å². The van der Waals surface area contributed by atoms with Crippen molar-refractivity contribution in [3.63, 3.8) is 0 Å². The summed E-state index contributed by atoms with van der Waals surface area (Å²) in [6.45, 7) is 0. The van der Waals surface area contributed by atoms with Crippen LogP contribution in [0.1, 0.15) is 5.56 Å². The lowest BCUT2D eigenvalue weighted by Gasteiger charge is -2.11. The van der Waals surface area contributed by atoms with Gasteiger partial charge in [0.2, 0.25) is 0 Å². The van der Waals surface area contributed by atoms with Gasteiger partial charge in [0.1, 0.15) is 23.1 Å². The summed E-state index contributed by atoms with van der Waals surface area (Å²) in [6.07, 6.45) is 0.237. The summed E-state index contributed by atoms with van der Waals surface area (Å²) >= 11 is 0. The predicted octanol–water partition coefficient (Wildman–Crippen LogP) is 3.69. The van der Waals surface area contributed by atoms with Gasteiger partial charge in [0.15, 0.2) is 0 Å². The van der Waals surface area contributed by atoms with Crippen LogP contribution in [0.5, 0.6) is 17.2 Å². The van der Waals surface area contributed by atoms with Gasteiger partial charge in [-0.05, 0) is 30.3 Å². The zero-order valence-electron chi connectivity index (χ0n) is 10.4. The first-order valence-corrected chi connectivity index (χ1v) is 5.70. The van der Waals surface area contributed by atoms with E-state index in [9.17, 15) is 4.39 Å². The van der Waals surface area contributed by atoms with Crippen molar-refractivity contribution in [2.75, 3.05) is 7.11 Å². The largest absolute Gasteiger partial charge is 0.497 e. The topological polar surface area (TPSA) is 42.2 Å². The Morgan fingerprint density at radius 1 is 1.11 bits per heavy atom. The van der Waals surface area contributed by atoms with Gasteiger partial charge < -0.3 is 9.47 Å². The lowest BCUT2D eigenvalue weighted by molar-refractivity contribution is 0.408. The van der Waals surface area contributed by atoms with Crippen LogP contribution in [0, 0.1) is 17.1 Å². The molecule has 0 fully saturated rings. The molecule has 4 heteroatoms. The SMILES string of the molecule is COc1ccc(CC#N)c(Oc2ccc(F)cc2)c1. The van der Waals surface area contributed by atoms with Gasteiger partial charge >= 0.3 is 0 Å². The van der Waals surface area contributed by atoms with Crippen LogP contribution in [0.3, 0.4) is 0 Å². The maximum Gasteiger partial charge on any atom is 0.135 e. The number of halogens is 1. The van der Waals surface area contributed by atoms with Gasteiger partial charge in [0, 0.05) is 11.6 Å². The minimum Gasteiger partial charge on any atom is -0.497 e. The highest BCUT2D eigenvalue weighted by Crippen LogP contribution is 2.29. The van der Waals surface area contributed by atoms with Crippen molar-refractivity contribution in [3.8, 4) is 23.3 Å². The van der Waals surface area contributed by atoms with E-state index in [0.29, 0.717) is 17.2 Å². The second-order valence-corrected chi connectivity index (χ2v) is 3.86. The highest BCUT2D eigenvalue weighted by atomic mass is 19.1. The first kappa shape index (κ1) is 12.9. The van der Waals surface area contributed by atoms with Crippen LogP contribution >= 0.6 is 0 Å². The van der Waals surface area contributed by atoms with E-state index < -0.39 is 0 Å². The highest BCUT2D eigenvalue weighted by Gasteiger charge is 2.07. The van der Waals surface area contributed by atoms with E-state index >= 15 is 0 Å². The average molecular weight is 257 g/mol. The lowest BCUT2D eigenvalue weighted by Crippen LogP contribution is -1.93. The predicted molar refractivity (Wildman–Crippen MR) is 68.8 cm³/mol. The Bertz CT molecular complexity index is 603. The number of methoxy groups -OCH3 is 1. The van der Waals surface area contributed by atoms with Crippen molar-refractivity contribution in [1.29, 1.82) is 5.26 Å². The first-order chi connectivity index (χ1) is 9.22. The Balaban J connectivity index is 2.31. The summed E-state index contributed by atoms with van der Waals surface area (Å²) in [7, 11) is 1.56. The van der Waals surface area contributed by atoms with E-state index in [0.717, 1.165) is 5.56 Å². The molecule has 0 aliphatic carbocycles. The van der Waals surface area contributed by atoms with Crippen molar-refractivity contribution in [2.45, 2.75) is 6.42 Å². The van der Waals surface area contributed by atoms with Crippen molar-refractivity contribution >= 4 is 0 Å². The average Bonchev–Trinajstić information content (AvgIpc) is 2.43. The molecule has 0 unspecified atom stereocenters. The Morgan fingerprint density at radius 3 is 2.42 bits per heavy atom.